The summed E-state index contributed by atoms with van der Waals surface area (Å²) in [5.41, 5.74) is 0. The van der Waals surface area contributed by atoms with Crippen LogP contribution in [0.15, 0.2) is 0 Å². The van der Waals surface area contributed by atoms with Crippen LogP contribution in [0.25, 0.3) is 0 Å². The van der Waals surface area contributed by atoms with Crippen molar-refractivity contribution in [3.05, 3.63) is 0 Å². The number of hydrogen-bond donors (Lipinski definition) is 0. The molecule has 5 nitrogen and oxygen atoms in total. The summed E-state index contributed by atoms with van der Waals surface area (Å²) < 4.78 is 26.8. The standard InChI is InChI=1S/C11H25O5PSi/c1-6-18(7-2,8-3)16-10-11(12)9-15-17(5,13)14-4/h6-10H2,1-5H3. The minimum Gasteiger partial charge on any atom is -0.409 e. The van der Waals surface area contributed by atoms with Crippen molar-refractivity contribution in [2.24, 2.45) is 0 Å². The van der Waals surface area contributed by atoms with E-state index in [4.69, 9.17) is 8.95 Å². The van der Waals surface area contributed by atoms with Gasteiger partial charge in [0.15, 0.2) is 14.1 Å². The quantitative estimate of drug-likeness (QED) is 0.458. The molecule has 1 unspecified atom stereocenters. The second kappa shape index (κ2) is 8.22. The Morgan fingerprint density at radius 2 is 1.61 bits per heavy atom. The summed E-state index contributed by atoms with van der Waals surface area (Å²) >= 11 is 0. The zero-order valence-electron chi connectivity index (χ0n) is 12.0. The molecule has 0 fully saturated rings. The molecule has 0 saturated heterocycles. The van der Waals surface area contributed by atoms with Gasteiger partial charge >= 0.3 is 7.60 Å². The largest absolute Gasteiger partial charge is 0.409 e. The summed E-state index contributed by atoms with van der Waals surface area (Å²) in [5.74, 6) is -0.193. The van der Waals surface area contributed by atoms with Crippen molar-refractivity contribution in [2.45, 2.75) is 38.9 Å². The number of hydrogen-bond acceptors (Lipinski definition) is 5. The van der Waals surface area contributed by atoms with E-state index < -0.39 is 15.9 Å². The first-order chi connectivity index (χ1) is 8.34. The highest BCUT2D eigenvalue weighted by atomic mass is 31.2. The van der Waals surface area contributed by atoms with E-state index in [0.717, 1.165) is 18.1 Å². The maximum atomic E-state index is 11.6. The van der Waals surface area contributed by atoms with Crippen LogP contribution in [0.3, 0.4) is 0 Å². The molecule has 0 amide bonds. The summed E-state index contributed by atoms with van der Waals surface area (Å²) in [4.78, 5) is 11.6. The van der Waals surface area contributed by atoms with Crippen LogP contribution in [0, 0.1) is 0 Å². The Kier molecular flexibility index (Phi) is 8.22. The van der Waals surface area contributed by atoms with Gasteiger partial charge < -0.3 is 13.5 Å². The highest BCUT2D eigenvalue weighted by molar-refractivity contribution is 7.52. The van der Waals surface area contributed by atoms with Gasteiger partial charge in [0.2, 0.25) is 0 Å². The molecule has 1 atom stereocenters. The Bertz CT molecular complexity index is 296. The Labute approximate surface area is 111 Å². The number of carbonyl (C=O) groups excluding carboxylic acids is 1. The van der Waals surface area contributed by atoms with Crippen LogP contribution in [-0.4, -0.2) is 41.1 Å². The normalized spacial score (nSPS) is 15.4. The van der Waals surface area contributed by atoms with Gasteiger partial charge in [0.1, 0.15) is 6.61 Å². The smallest absolute Gasteiger partial charge is 0.327 e. The zero-order valence-corrected chi connectivity index (χ0v) is 13.9. The molecule has 0 radical (unpaired) electrons. The molecule has 0 spiro atoms. The van der Waals surface area contributed by atoms with E-state index in [9.17, 15) is 9.36 Å². The first-order valence-electron chi connectivity index (χ1n) is 6.28. The molecule has 18 heavy (non-hydrogen) atoms. The molecule has 0 heterocycles. The second-order valence-electron chi connectivity index (χ2n) is 4.30. The summed E-state index contributed by atoms with van der Waals surface area (Å²) in [6.45, 7) is 7.47. The fourth-order valence-electron chi connectivity index (χ4n) is 1.57. The molecule has 0 aliphatic heterocycles. The van der Waals surface area contributed by atoms with Crippen molar-refractivity contribution in [2.75, 3.05) is 27.0 Å². The molecule has 7 heteroatoms. The molecule has 0 bridgehead atoms. The number of Topliss-reactive ketones (excluding diaryl/α,β-unsaturated/α-hetero) is 1. The lowest BCUT2D eigenvalue weighted by atomic mass is 10.5. The van der Waals surface area contributed by atoms with Gasteiger partial charge in [-0.1, -0.05) is 20.8 Å². The average molecular weight is 296 g/mol. The molecule has 0 aromatic carbocycles. The Hall–Kier alpha value is -0.00312. The van der Waals surface area contributed by atoms with Gasteiger partial charge in [0, 0.05) is 13.8 Å². The summed E-state index contributed by atoms with van der Waals surface area (Å²) in [6.07, 6.45) is 0. The minimum absolute atomic E-state index is 0.0471. The summed E-state index contributed by atoms with van der Waals surface area (Å²) in [7, 11) is -3.52. The van der Waals surface area contributed by atoms with Crippen molar-refractivity contribution < 1.29 is 22.8 Å². The Balaban J connectivity index is 4.14. The highest BCUT2D eigenvalue weighted by Crippen LogP contribution is 2.42. The van der Waals surface area contributed by atoms with Crippen LogP contribution < -0.4 is 0 Å². The lowest BCUT2D eigenvalue weighted by Gasteiger charge is -2.27. The zero-order chi connectivity index (χ0) is 14.2. The highest BCUT2D eigenvalue weighted by Gasteiger charge is 2.29. The van der Waals surface area contributed by atoms with Gasteiger partial charge in [-0.05, 0) is 18.1 Å². The third-order valence-corrected chi connectivity index (χ3v) is 9.15. The Morgan fingerprint density at radius 3 is 2.00 bits per heavy atom. The van der Waals surface area contributed by atoms with Crippen molar-refractivity contribution in [3.63, 3.8) is 0 Å². The van der Waals surface area contributed by atoms with Crippen LogP contribution >= 0.6 is 7.60 Å². The maximum absolute atomic E-state index is 11.6. The van der Waals surface area contributed by atoms with E-state index >= 15 is 0 Å². The van der Waals surface area contributed by atoms with E-state index in [0.29, 0.717) is 0 Å². The topological polar surface area (TPSA) is 61.8 Å². The molecule has 0 rings (SSSR count). The van der Waals surface area contributed by atoms with Crippen LogP contribution in [0.4, 0.5) is 0 Å². The molecule has 0 aromatic rings. The second-order valence-corrected chi connectivity index (χ2v) is 11.2. The molecule has 0 saturated carbocycles. The molecular weight excluding hydrogens is 271 g/mol. The Morgan fingerprint density at radius 1 is 1.11 bits per heavy atom. The molecule has 108 valence electrons. The van der Waals surface area contributed by atoms with E-state index in [1.54, 1.807) is 0 Å². The van der Waals surface area contributed by atoms with Gasteiger partial charge in [-0.3, -0.25) is 9.36 Å². The van der Waals surface area contributed by atoms with Gasteiger partial charge in [0.25, 0.3) is 0 Å². The van der Waals surface area contributed by atoms with Crippen LogP contribution in [0.2, 0.25) is 18.1 Å². The SMILES string of the molecule is CC[Si](CC)(CC)OCC(=O)COP(C)(=O)OC. The summed E-state index contributed by atoms with van der Waals surface area (Å²) in [6, 6.07) is 3.00. The van der Waals surface area contributed by atoms with Crippen molar-refractivity contribution in [3.8, 4) is 0 Å². The third-order valence-electron chi connectivity index (χ3n) is 3.26. The number of rotatable bonds is 10. The maximum Gasteiger partial charge on any atom is 0.327 e. The first kappa shape index (κ1) is 18.0. The van der Waals surface area contributed by atoms with Gasteiger partial charge in [-0.15, -0.1) is 0 Å². The van der Waals surface area contributed by atoms with Crippen molar-refractivity contribution >= 4 is 21.7 Å². The average Bonchev–Trinajstić information content (AvgIpc) is 2.39. The fraction of sp³-hybridized carbons (Fsp3) is 0.909. The van der Waals surface area contributed by atoms with Gasteiger partial charge in [0.05, 0.1) is 6.61 Å². The van der Waals surface area contributed by atoms with Gasteiger partial charge in [-0.2, -0.15) is 0 Å². The molecule has 0 aliphatic rings. The third kappa shape index (κ3) is 6.25. The van der Waals surface area contributed by atoms with E-state index in [2.05, 4.69) is 25.3 Å². The molecular formula is C11H25O5PSi. The van der Waals surface area contributed by atoms with E-state index in [1.165, 1.54) is 13.8 Å². The first-order valence-corrected chi connectivity index (χ1v) is 10.8. The fourth-order valence-corrected chi connectivity index (χ4v) is 4.64. The monoisotopic (exact) mass is 296 g/mol. The number of carbonyl (C=O) groups is 1. The van der Waals surface area contributed by atoms with Crippen LogP contribution in [0.1, 0.15) is 20.8 Å². The van der Waals surface area contributed by atoms with E-state index in [-0.39, 0.29) is 19.0 Å². The number of ketones is 1. The van der Waals surface area contributed by atoms with E-state index in [1.807, 2.05) is 0 Å². The van der Waals surface area contributed by atoms with Crippen LogP contribution in [-0.2, 0) is 22.8 Å². The van der Waals surface area contributed by atoms with Gasteiger partial charge in [-0.25, -0.2) is 0 Å². The van der Waals surface area contributed by atoms with Crippen LogP contribution in [0.5, 0.6) is 0 Å². The molecule has 0 N–H and O–H groups in total. The predicted molar refractivity (Wildman–Crippen MR) is 74.6 cm³/mol. The lowest BCUT2D eigenvalue weighted by Crippen LogP contribution is -2.38. The van der Waals surface area contributed by atoms with Crippen molar-refractivity contribution in [1.82, 2.24) is 0 Å². The predicted octanol–water partition coefficient (Wildman–Crippen LogP) is 3.06. The summed E-state index contributed by atoms with van der Waals surface area (Å²) in [5, 5.41) is 0. The molecule has 0 aliphatic carbocycles. The lowest BCUT2D eigenvalue weighted by molar-refractivity contribution is -0.123. The minimum atomic E-state index is -3.08. The van der Waals surface area contributed by atoms with Crippen molar-refractivity contribution in [1.29, 1.82) is 0 Å². The molecule has 0 aromatic heterocycles.